The zero-order chi connectivity index (χ0) is 45.4. The number of anilines is 2. The van der Waals surface area contributed by atoms with Gasteiger partial charge in [-0.1, -0.05) is 50.2 Å². The lowest BCUT2D eigenvalue weighted by atomic mass is 9.91. The molecule has 3 fully saturated rings. The summed E-state index contributed by atoms with van der Waals surface area (Å²) >= 11 is 1.59. The zero-order valence-corrected chi connectivity index (χ0v) is 38.6. The molecule has 3 saturated heterocycles. The van der Waals surface area contributed by atoms with Crippen molar-refractivity contribution in [1.29, 1.82) is 0 Å². The largest absolute Gasteiger partial charge is 0.507 e. The standard InChI is InChI=1S/C48H60N10O6S/c1-28(2)44(48(62)58-25-35(59)22-39(58)47(61)51-29(3)32-10-12-33(13-11-32)45-31(5)49-27-65-45)42-24-43(54-64-42)63-21-20-55-16-14-34(15-17-55)56-18-19-57-38-23-37(36-8-6-7-9-41(36)60)52-53-46(38)50-30(4)40(57)26-56/h6-13,23-24,27-30,34-35,39-40,44,59-60H,14-22,25-26H2,1-5H3,(H,50,53)(H,51,61)/t29-,30-,35+,39-,40-,44+/m0/s1. The summed E-state index contributed by atoms with van der Waals surface area (Å²) in [4.78, 5) is 42.5. The molecule has 344 valence electrons. The van der Waals surface area contributed by atoms with Gasteiger partial charge in [-0.2, -0.15) is 0 Å². The van der Waals surface area contributed by atoms with E-state index >= 15 is 0 Å². The maximum atomic E-state index is 14.2. The molecular weight excluding hydrogens is 845 g/mol. The summed E-state index contributed by atoms with van der Waals surface area (Å²) in [5.41, 5.74) is 7.20. The lowest BCUT2D eigenvalue weighted by Gasteiger charge is -2.51. The minimum Gasteiger partial charge on any atom is -0.507 e. The van der Waals surface area contributed by atoms with Gasteiger partial charge < -0.3 is 39.9 Å². The Kier molecular flexibility index (Phi) is 13.1. The number of aromatic nitrogens is 4. The molecule has 6 atom stereocenters. The minimum absolute atomic E-state index is 0.0611. The van der Waals surface area contributed by atoms with Crippen molar-refractivity contribution >= 4 is 34.7 Å². The number of piperazine rings is 1. The van der Waals surface area contributed by atoms with Crippen LogP contribution in [0.3, 0.4) is 0 Å². The van der Waals surface area contributed by atoms with E-state index in [9.17, 15) is 19.8 Å². The number of benzene rings is 2. The van der Waals surface area contributed by atoms with Crippen molar-refractivity contribution in [3.8, 4) is 33.3 Å². The average molecular weight is 905 g/mol. The number of aliphatic hydroxyl groups is 1. The number of ether oxygens (including phenoxy) is 1. The number of para-hydroxylation sites is 1. The summed E-state index contributed by atoms with van der Waals surface area (Å²) in [6.07, 6.45) is 1.49. The molecule has 5 aromatic rings. The van der Waals surface area contributed by atoms with Crippen molar-refractivity contribution in [2.24, 2.45) is 5.92 Å². The van der Waals surface area contributed by atoms with Crippen LogP contribution in [0.15, 0.2) is 70.7 Å². The van der Waals surface area contributed by atoms with Crippen molar-refractivity contribution in [3.63, 3.8) is 0 Å². The highest BCUT2D eigenvalue weighted by Gasteiger charge is 2.44. The number of hydrogen-bond donors (Lipinski definition) is 4. The van der Waals surface area contributed by atoms with Crippen molar-refractivity contribution in [2.45, 2.75) is 96.1 Å². The topological polar surface area (TPSA) is 186 Å². The van der Waals surface area contributed by atoms with Gasteiger partial charge in [-0.3, -0.25) is 19.4 Å². The monoisotopic (exact) mass is 904 g/mol. The molecule has 4 N–H and O–H groups in total. The van der Waals surface area contributed by atoms with Crippen LogP contribution in [0.25, 0.3) is 21.7 Å². The van der Waals surface area contributed by atoms with Crippen LogP contribution in [0.1, 0.15) is 75.9 Å². The second-order valence-corrected chi connectivity index (χ2v) is 19.2. The van der Waals surface area contributed by atoms with Gasteiger partial charge in [-0.25, -0.2) is 4.98 Å². The Balaban J connectivity index is 0.748. The normalized spacial score (nSPS) is 22.6. The van der Waals surface area contributed by atoms with Crippen molar-refractivity contribution < 1.29 is 29.1 Å². The molecule has 16 nitrogen and oxygen atoms in total. The zero-order valence-electron chi connectivity index (χ0n) is 37.8. The number of phenolic OH excluding ortho intramolecular Hbond substituents is 1. The first kappa shape index (κ1) is 44.6. The smallest absolute Gasteiger partial charge is 0.254 e. The third-order valence-electron chi connectivity index (χ3n) is 13.8. The van der Waals surface area contributed by atoms with E-state index in [1.165, 1.54) is 4.90 Å². The number of amides is 2. The molecule has 3 aromatic heterocycles. The highest BCUT2D eigenvalue weighted by atomic mass is 32.1. The van der Waals surface area contributed by atoms with Gasteiger partial charge in [-0.05, 0) is 87.1 Å². The summed E-state index contributed by atoms with van der Waals surface area (Å²) in [6, 6.07) is 18.9. The number of nitrogens with one attached hydrogen (secondary N) is 2. The third-order valence-corrected chi connectivity index (χ3v) is 14.8. The number of phenols is 1. The molecule has 17 heteroatoms. The number of thiazole rings is 1. The first-order valence-corrected chi connectivity index (χ1v) is 23.8. The van der Waals surface area contributed by atoms with Crippen LogP contribution in [0, 0.1) is 12.8 Å². The SMILES string of the molecule is Cc1ncsc1-c1ccc([C@H](C)NC(=O)[C@@H]2C[C@@H](O)CN2C(=O)[C@@H](c2cc(OCCN3CCC(N4CCN5c6cc(-c7ccccc7O)nnc6N[C@@H](C)[C@@H]5C4)CC3)no2)C(C)C)cc1. The predicted octanol–water partition coefficient (Wildman–Crippen LogP) is 5.70. The van der Waals surface area contributed by atoms with E-state index in [-0.39, 0.29) is 54.6 Å². The Bertz CT molecular complexity index is 2450. The molecule has 9 rings (SSSR count). The lowest BCUT2D eigenvalue weighted by molar-refractivity contribution is -0.141. The quantitative estimate of drug-likeness (QED) is 0.113. The molecule has 65 heavy (non-hydrogen) atoms. The Morgan fingerprint density at radius 1 is 1.02 bits per heavy atom. The van der Waals surface area contributed by atoms with Crippen LogP contribution in [0.5, 0.6) is 11.6 Å². The second-order valence-electron chi connectivity index (χ2n) is 18.4. The van der Waals surface area contributed by atoms with Crippen molar-refractivity contribution in [1.82, 2.24) is 40.4 Å². The number of nitrogens with zero attached hydrogens (tertiary/aromatic N) is 8. The summed E-state index contributed by atoms with van der Waals surface area (Å²) in [5.74, 6) is 0.213. The molecule has 7 heterocycles. The van der Waals surface area contributed by atoms with Crippen LogP contribution in [-0.4, -0.2) is 140 Å². The molecule has 0 spiro atoms. The van der Waals surface area contributed by atoms with Gasteiger partial charge >= 0.3 is 0 Å². The summed E-state index contributed by atoms with van der Waals surface area (Å²) < 4.78 is 11.8. The minimum atomic E-state index is -0.820. The summed E-state index contributed by atoms with van der Waals surface area (Å²) in [5, 5.41) is 41.0. The molecule has 0 radical (unpaired) electrons. The van der Waals surface area contributed by atoms with Crippen LogP contribution in [0.2, 0.25) is 0 Å². The number of rotatable bonds is 13. The van der Waals surface area contributed by atoms with Gasteiger partial charge in [0.05, 0.1) is 45.7 Å². The van der Waals surface area contributed by atoms with Gasteiger partial charge in [0, 0.05) is 62.9 Å². The summed E-state index contributed by atoms with van der Waals surface area (Å²) in [7, 11) is 0. The second kappa shape index (κ2) is 19.1. The Morgan fingerprint density at radius 3 is 2.54 bits per heavy atom. The first-order chi connectivity index (χ1) is 31.4. The first-order valence-electron chi connectivity index (χ1n) is 23.0. The number of hydrogen-bond acceptors (Lipinski definition) is 15. The van der Waals surface area contributed by atoms with Gasteiger partial charge in [0.1, 0.15) is 24.3 Å². The Hall–Kier alpha value is -5.62. The highest BCUT2D eigenvalue weighted by Crippen LogP contribution is 2.39. The van der Waals surface area contributed by atoms with Crippen LogP contribution >= 0.6 is 11.3 Å². The number of β-amino-alcohol motifs (C(OH)–C–C–N with tert-alkyl or cyclic N) is 1. The average Bonchev–Trinajstić information content (AvgIpc) is 4.06. The maximum Gasteiger partial charge on any atom is 0.254 e. The van der Waals surface area contributed by atoms with Crippen molar-refractivity contribution in [3.05, 3.63) is 83.2 Å². The van der Waals surface area contributed by atoms with Gasteiger partial charge in [0.25, 0.3) is 5.88 Å². The van der Waals surface area contributed by atoms with Crippen molar-refractivity contribution in [2.75, 3.05) is 62.6 Å². The van der Waals surface area contributed by atoms with E-state index < -0.39 is 18.1 Å². The highest BCUT2D eigenvalue weighted by molar-refractivity contribution is 7.13. The molecular formula is C48H60N10O6S. The Labute approximate surface area is 384 Å². The third kappa shape index (κ3) is 9.42. The fourth-order valence-electron chi connectivity index (χ4n) is 10.1. The maximum absolute atomic E-state index is 14.2. The van der Waals surface area contributed by atoms with Gasteiger partial charge in [-0.15, -0.1) is 21.5 Å². The van der Waals surface area contributed by atoms with E-state index in [0.717, 1.165) is 85.3 Å². The molecule has 0 bridgehead atoms. The van der Waals surface area contributed by atoms with Gasteiger partial charge in [0.15, 0.2) is 11.6 Å². The van der Waals surface area contributed by atoms with E-state index in [1.54, 1.807) is 23.5 Å². The van der Waals surface area contributed by atoms with E-state index in [0.29, 0.717) is 35.5 Å². The molecule has 0 aliphatic carbocycles. The fourth-order valence-corrected chi connectivity index (χ4v) is 10.9. The molecule has 0 unspecified atom stereocenters. The Morgan fingerprint density at radius 2 is 1.80 bits per heavy atom. The molecule has 2 aromatic carbocycles. The number of aryl methyl sites for hydroxylation is 1. The van der Waals surface area contributed by atoms with Crippen LogP contribution in [0.4, 0.5) is 11.5 Å². The number of aliphatic hydroxyl groups excluding tert-OH is 1. The lowest BCUT2D eigenvalue weighted by Crippen LogP contribution is -2.63. The van der Waals surface area contributed by atoms with E-state index in [1.807, 2.05) is 81.7 Å². The summed E-state index contributed by atoms with van der Waals surface area (Å²) in [6.45, 7) is 16.0. The molecule has 0 saturated carbocycles. The number of likely N-dealkylation sites (tertiary alicyclic amines) is 2. The number of fused-ring (bicyclic) bond motifs is 3. The van der Waals surface area contributed by atoms with E-state index in [4.69, 9.17) is 9.26 Å². The fraction of sp³-hybridized carbons (Fsp3) is 0.500. The molecule has 4 aliphatic rings. The number of aromatic hydroxyl groups is 1. The number of piperidine rings is 1. The van der Waals surface area contributed by atoms with E-state index in [2.05, 4.69) is 52.6 Å². The number of carbonyl (C=O) groups is 2. The van der Waals surface area contributed by atoms with Gasteiger partial charge in [0.2, 0.25) is 11.8 Å². The number of carbonyl (C=O) groups excluding carboxylic acids is 2. The predicted molar refractivity (Wildman–Crippen MR) is 249 cm³/mol. The molecule has 4 aliphatic heterocycles. The molecule has 2 amide bonds. The van der Waals surface area contributed by atoms with Crippen LogP contribution < -0.4 is 20.3 Å². The van der Waals surface area contributed by atoms with Crippen LogP contribution in [-0.2, 0) is 9.59 Å².